The lowest BCUT2D eigenvalue weighted by atomic mass is 9.92. The molecule has 7 heteroatoms. The number of carboxylic acids is 1. The molecular weight excluding hydrogens is 488 g/mol. The van der Waals surface area contributed by atoms with Crippen molar-refractivity contribution in [2.45, 2.75) is 50.5 Å². The van der Waals surface area contributed by atoms with Gasteiger partial charge in [0.1, 0.15) is 16.9 Å². The van der Waals surface area contributed by atoms with E-state index < -0.39 is 11.4 Å². The third-order valence-electron chi connectivity index (χ3n) is 8.25. The highest BCUT2D eigenvalue weighted by atomic mass is 31.0. The Hall–Kier alpha value is -2.69. The SMILES string of the molecule is COc1cc(CN2CCCC3(CC2)CC3(F)P)cc(OC)c1-c1cccc2c(CCC(=O)O)cccc12. The van der Waals surface area contributed by atoms with Crippen molar-refractivity contribution in [3.63, 3.8) is 0 Å². The molecule has 0 bridgehead atoms. The molecule has 1 aliphatic carbocycles. The summed E-state index contributed by atoms with van der Waals surface area (Å²) in [6, 6.07) is 16.3. The number of hydrogen-bond donors (Lipinski definition) is 1. The Balaban J connectivity index is 1.47. The molecule has 1 saturated carbocycles. The van der Waals surface area contributed by atoms with Gasteiger partial charge in [-0.2, -0.15) is 0 Å². The van der Waals surface area contributed by atoms with E-state index in [1.807, 2.05) is 24.3 Å². The zero-order chi connectivity index (χ0) is 26.2. The first kappa shape index (κ1) is 25.9. The average Bonchev–Trinajstić information content (AvgIpc) is 3.50. The highest BCUT2D eigenvalue weighted by Gasteiger charge is 2.65. The fourth-order valence-corrected chi connectivity index (χ4v) is 6.76. The number of carboxylic acid groups (broad SMARTS) is 1. The molecule has 1 N–H and O–H groups in total. The third kappa shape index (κ3) is 5.06. The Labute approximate surface area is 220 Å². The normalized spacial score (nSPS) is 23.7. The van der Waals surface area contributed by atoms with Gasteiger partial charge in [-0.15, -0.1) is 0 Å². The molecule has 1 aliphatic heterocycles. The van der Waals surface area contributed by atoms with Crippen LogP contribution in [0, 0.1) is 5.41 Å². The highest BCUT2D eigenvalue weighted by Crippen LogP contribution is 2.68. The monoisotopic (exact) mass is 523 g/mol. The number of ether oxygens (including phenoxy) is 2. The number of benzene rings is 3. The van der Waals surface area contributed by atoms with Crippen LogP contribution in [0.25, 0.3) is 21.9 Å². The number of hydrogen-bond acceptors (Lipinski definition) is 4. The van der Waals surface area contributed by atoms with Gasteiger partial charge in [-0.3, -0.25) is 9.69 Å². The van der Waals surface area contributed by atoms with Crippen LogP contribution in [0.1, 0.15) is 43.2 Å². The number of nitrogens with zero attached hydrogens (tertiary/aromatic N) is 1. The number of halogens is 1. The summed E-state index contributed by atoms with van der Waals surface area (Å²) in [5, 5.41) is 10.2. The number of methoxy groups -OCH3 is 2. The van der Waals surface area contributed by atoms with Gasteiger partial charge in [0.2, 0.25) is 0 Å². The second-order valence-corrected chi connectivity index (χ2v) is 11.5. The molecule has 1 spiro atoms. The molecule has 1 saturated heterocycles. The first-order chi connectivity index (χ1) is 17.8. The molecule has 0 aromatic heterocycles. The topological polar surface area (TPSA) is 59.0 Å². The number of carbonyl (C=O) groups is 1. The molecule has 3 aromatic carbocycles. The van der Waals surface area contributed by atoms with E-state index in [0.717, 1.165) is 83.4 Å². The van der Waals surface area contributed by atoms with Crippen LogP contribution in [0.2, 0.25) is 0 Å². The summed E-state index contributed by atoms with van der Waals surface area (Å²) >= 11 is 0. The predicted octanol–water partition coefficient (Wildman–Crippen LogP) is 6.46. The fraction of sp³-hybridized carbons (Fsp3) is 0.433. The number of aryl methyl sites for hydroxylation is 1. The van der Waals surface area contributed by atoms with Crippen LogP contribution in [0.4, 0.5) is 4.39 Å². The Morgan fingerprint density at radius 3 is 2.38 bits per heavy atom. The number of likely N-dealkylation sites (tertiary alicyclic amines) is 1. The molecule has 3 aromatic rings. The van der Waals surface area contributed by atoms with E-state index in [9.17, 15) is 14.3 Å². The summed E-state index contributed by atoms with van der Waals surface area (Å²) in [5.41, 5.74) is 3.83. The van der Waals surface area contributed by atoms with Crippen LogP contribution >= 0.6 is 9.24 Å². The van der Waals surface area contributed by atoms with Crippen molar-refractivity contribution in [1.82, 2.24) is 4.90 Å². The van der Waals surface area contributed by atoms with Crippen molar-refractivity contribution in [1.29, 1.82) is 0 Å². The summed E-state index contributed by atoms with van der Waals surface area (Å²) in [5.74, 6) is 0.666. The van der Waals surface area contributed by atoms with E-state index in [1.54, 1.807) is 14.2 Å². The van der Waals surface area contributed by atoms with E-state index in [1.165, 1.54) is 0 Å². The maximum atomic E-state index is 14.6. The molecule has 5 nitrogen and oxygen atoms in total. The molecule has 2 aliphatic rings. The van der Waals surface area contributed by atoms with E-state index in [2.05, 4.69) is 38.4 Å². The molecule has 0 amide bonds. The molecule has 3 unspecified atom stereocenters. The summed E-state index contributed by atoms with van der Waals surface area (Å²) < 4.78 is 26.4. The maximum absolute atomic E-state index is 14.6. The van der Waals surface area contributed by atoms with Crippen LogP contribution in [-0.2, 0) is 17.8 Å². The Bertz CT molecular complexity index is 1300. The van der Waals surface area contributed by atoms with Crippen molar-refractivity contribution < 1.29 is 23.8 Å². The Morgan fingerprint density at radius 2 is 1.73 bits per heavy atom. The lowest BCUT2D eigenvalue weighted by Crippen LogP contribution is -2.24. The Morgan fingerprint density at radius 1 is 1.05 bits per heavy atom. The van der Waals surface area contributed by atoms with Gasteiger partial charge in [-0.05, 0) is 84.8 Å². The number of rotatable bonds is 8. The lowest BCUT2D eigenvalue weighted by molar-refractivity contribution is -0.136. The van der Waals surface area contributed by atoms with Crippen molar-refractivity contribution in [3.8, 4) is 22.6 Å². The van der Waals surface area contributed by atoms with Crippen molar-refractivity contribution in [2.24, 2.45) is 5.41 Å². The number of fused-ring (bicyclic) bond motifs is 1. The second kappa shape index (κ2) is 10.2. The van der Waals surface area contributed by atoms with Crippen molar-refractivity contribution >= 4 is 26.0 Å². The molecule has 5 rings (SSSR count). The van der Waals surface area contributed by atoms with Crippen LogP contribution in [0.15, 0.2) is 48.5 Å². The van der Waals surface area contributed by atoms with E-state index in [0.29, 0.717) is 12.8 Å². The van der Waals surface area contributed by atoms with Gasteiger partial charge >= 0.3 is 5.97 Å². The smallest absolute Gasteiger partial charge is 0.303 e. The van der Waals surface area contributed by atoms with Crippen LogP contribution in [0.3, 0.4) is 0 Å². The molecule has 3 atom stereocenters. The third-order valence-corrected chi connectivity index (χ3v) is 9.07. The first-order valence-electron chi connectivity index (χ1n) is 12.9. The van der Waals surface area contributed by atoms with E-state index in [4.69, 9.17) is 9.47 Å². The average molecular weight is 524 g/mol. The minimum absolute atomic E-state index is 0.0890. The second-order valence-electron chi connectivity index (χ2n) is 10.5. The van der Waals surface area contributed by atoms with Gasteiger partial charge in [-0.25, -0.2) is 4.39 Å². The largest absolute Gasteiger partial charge is 0.496 e. The predicted molar refractivity (Wildman–Crippen MR) is 148 cm³/mol. The minimum atomic E-state index is -1.08. The van der Waals surface area contributed by atoms with Gasteiger partial charge in [0.25, 0.3) is 0 Å². The zero-order valence-electron chi connectivity index (χ0n) is 21.6. The quantitative estimate of drug-likeness (QED) is 0.344. The standard InChI is InChI=1S/C30H35FNO4P/c1-35-25-16-20(18-32-14-5-12-29(13-15-32)19-30(29,31)37)17-26(36-2)28(25)24-9-4-7-22-21(10-11-27(33)34)6-3-8-23(22)24/h3-4,6-9,16-17H,5,10-15,18-19,37H2,1-2H3,(H,33,34). The molecule has 1 heterocycles. The van der Waals surface area contributed by atoms with Gasteiger partial charge < -0.3 is 14.6 Å². The van der Waals surface area contributed by atoms with Gasteiger partial charge in [0.05, 0.1) is 19.8 Å². The fourth-order valence-electron chi connectivity index (χ4n) is 6.08. The van der Waals surface area contributed by atoms with Crippen molar-refractivity contribution in [3.05, 3.63) is 59.7 Å². The van der Waals surface area contributed by atoms with Gasteiger partial charge in [0, 0.05) is 18.4 Å². The lowest BCUT2D eigenvalue weighted by Gasteiger charge is -2.23. The van der Waals surface area contributed by atoms with Gasteiger partial charge in [-0.1, -0.05) is 45.6 Å². The molecular formula is C30H35FNO4P. The first-order valence-corrected chi connectivity index (χ1v) is 13.5. The molecule has 37 heavy (non-hydrogen) atoms. The van der Waals surface area contributed by atoms with E-state index >= 15 is 0 Å². The number of alkyl halides is 1. The van der Waals surface area contributed by atoms with Crippen molar-refractivity contribution in [2.75, 3.05) is 27.3 Å². The summed E-state index contributed by atoms with van der Waals surface area (Å²) in [6.45, 7) is 2.60. The Kier molecular flexibility index (Phi) is 7.17. The van der Waals surface area contributed by atoms with Crippen LogP contribution in [-0.4, -0.2) is 48.7 Å². The molecule has 196 valence electrons. The van der Waals surface area contributed by atoms with Crippen LogP contribution in [0.5, 0.6) is 11.5 Å². The highest BCUT2D eigenvalue weighted by molar-refractivity contribution is 7.19. The van der Waals surface area contributed by atoms with Crippen LogP contribution < -0.4 is 9.47 Å². The minimum Gasteiger partial charge on any atom is -0.496 e. The molecule has 0 radical (unpaired) electrons. The summed E-state index contributed by atoms with van der Waals surface area (Å²) in [6.07, 6.45) is 4.07. The summed E-state index contributed by atoms with van der Waals surface area (Å²) in [4.78, 5) is 13.6. The number of aliphatic carboxylic acids is 1. The molecule has 2 fully saturated rings. The summed E-state index contributed by atoms with van der Waals surface area (Å²) in [7, 11) is 5.79. The maximum Gasteiger partial charge on any atom is 0.303 e. The van der Waals surface area contributed by atoms with E-state index in [-0.39, 0.29) is 11.8 Å². The van der Waals surface area contributed by atoms with Gasteiger partial charge in [0.15, 0.2) is 0 Å². The zero-order valence-corrected chi connectivity index (χ0v) is 22.7.